The molecular weight excluding hydrogens is 440 g/mol. The maximum atomic E-state index is 6.43. The van der Waals surface area contributed by atoms with Crippen LogP contribution in [0.25, 0.3) is 34.2 Å². The molecule has 1 atom stereocenters. The van der Waals surface area contributed by atoms with Gasteiger partial charge in [0.05, 0.1) is 35.2 Å². The molecule has 0 fully saturated rings. The standard InChI is InChI=1S/C26H34N8O/c1-17-15-32(5)16-25-20(18(2)34(30-25)12-11-31(3)4)8-10-24-21-13-19(7-9-23(21)28-29-24)22-14-27-33(6)26(22)35-17/h7-10,13-14,17H,11-12,15-16H2,1-6H3,(H,28,29)/b10-8+. The van der Waals surface area contributed by atoms with Crippen molar-refractivity contribution in [2.24, 2.45) is 7.05 Å². The fraction of sp³-hybridized carbons (Fsp3) is 0.423. The molecule has 184 valence electrons. The van der Waals surface area contributed by atoms with Crippen LogP contribution in [0.5, 0.6) is 5.88 Å². The third kappa shape index (κ3) is 4.61. The Morgan fingerprint density at radius 1 is 1.20 bits per heavy atom. The summed E-state index contributed by atoms with van der Waals surface area (Å²) in [6.45, 7) is 7.53. The predicted molar refractivity (Wildman–Crippen MR) is 139 cm³/mol. The summed E-state index contributed by atoms with van der Waals surface area (Å²) < 4.78 is 10.4. The summed E-state index contributed by atoms with van der Waals surface area (Å²) in [7, 11) is 8.21. The largest absolute Gasteiger partial charge is 0.473 e. The molecule has 1 aliphatic heterocycles. The third-order valence-corrected chi connectivity index (χ3v) is 6.59. The smallest absolute Gasteiger partial charge is 0.219 e. The molecule has 4 aromatic rings. The van der Waals surface area contributed by atoms with Crippen LogP contribution in [0.4, 0.5) is 0 Å². The van der Waals surface area contributed by atoms with E-state index >= 15 is 0 Å². The summed E-state index contributed by atoms with van der Waals surface area (Å²) >= 11 is 0. The highest BCUT2D eigenvalue weighted by molar-refractivity contribution is 5.93. The number of H-pyrrole nitrogens is 1. The van der Waals surface area contributed by atoms with E-state index in [2.05, 4.69) is 89.1 Å². The number of nitrogens with one attached hydrogen (secondary N) is 1. The maximum absolute atomic E-state index is 6.43. The van der Waals surface area contributed by atoms with Crippen LogP contribution in [0.3, 0.4) is 0 Å². The van der Waals surface area contributed by atoms with Crippen LogP contribution in [-0.2, 0) is 20.1 Å². The number of fused-ring (bicyclic) bond motifs is 4. The summed E-state index contributed by atoms with van der Waals surface area (Å²) in [5.41, 5.74) is 7.32. The molecule has 0 spiro atoms. The Morgan fingerprint density at radius 3 is 2.83 bits per heavy atom. The Hall–Kier alpha value is -3.43. The van der Waals surface area contributed by atoms with Gasteiger partial charge in [-0.15, -0.1) is 0 Å². The van der Waals surface area contributed by atoms with Gasteiger partial charge in [0.1, 0.15) is 6.10 Å². The van der Waals surface area contributed by atoms with E-state index in [4.69, 9.17) is 9.84 Å². The summed E-state index contributed by atoms with van der Waals surface area (Å²) in [5, 5.41) is 18.3. The first-order valence-corrected chi connectivity index (χ1v) is 12.0. The first-order valence-electron chi connectivity index (χ1n) is 12.0. The van der Waals surface area contributed by atoms with Crippen LogP contribution >= 0.6 is 0 Å². The molecule has 1 aliphatic rings. The lowest BCUT2D eigenvalue weighted by Gasteiger charge is -2.22. The van der Waals surface area contributed by atoms with Crippen molar-refractivity contribution >= 4 is 23.1 Å². The van der Waals surface area contributed by atoms with Crippen molar-refractivity contribution < 1.29 is 4.74 Å². The van der Waals surface area contributed by atoms with Crippen molar-refractivity contribution in [3.8, 4) is 17.0 Å². The van der Waals surface area contributed by atoms with E-state index in [9.17, 15) is 0 Å². The Morgan fingerprint density at radius 2 is 2.03 bits per heavy atom. The van der Waals surface area contributed by atoms with Crippen molar-refractivity contribution in [3.05, 3.63) is 47.0 Å². The van der Waals surface area contributed by atoms with Crippen LogP contribution in [0, 0.1) is 6.92 Å². The second kappa shape index (κ2) is 9.31. The second-order valence-corrected chi connectivity index (χ2v) is 9.79. The zero-order valence-electron chi connectivity index (χ0n) is 21.4. The number of aryl methyl sites for hydroxylation is 1. The molecule has 35 heavy (non-hydrogen) atoms. The molecule has 9 heteroatoms. The number of aromatic nitrogens is 6. The fourth-order valence-corrected chi connectivity index (χ4v) is 4.71. The van der Waals surface area contributed by atoms with Gasteiger partial charge in [0.25, 0.3) is 0 Å². The number of rotatable bonds is 3. The van der Waals surface area contributed by atoms with Gasteiger partial charge in [-0.3, -0.25) is 14.7 Å². The second-order valence-electron chi connectivity index (χ2n) is 9.79. The molecule has 0 saturated heterocycles. The summed E-state index contributed by atoms with van der Waals surface area (Å²) in [4.78, 5) is 4.45. The van der Waals surface area contributed by atoms with Crippen molar-refractivity contribution in [3.63, 3.8) is 0 Å². The van der Waals surface area contributed by atoms with Crippen molar-refractivity contribution in [1.29, 1.82) is 0 Å². The van der Waals surface area contributed by atoms with E-state index in [-0.39, 0.29) is 6.10 Å². The number of ether oxygens (including phenoxy) is 1. The topological polar surface area (TPSA) is 80.0 Å². The van der Waals surface area contributed by atoms with E-state index in [1.165, 1.54) is 5.69 Å². The monoisotopic (exact) mass is 474 g/mol. The van der Waals surface area contributed by atoms with Gasteiger partial charge in [-0.05, 0) is 64.8 Å². The zero-order valence-corrected chi connectivity index (χ0v) is 21.4. The lowest BCUT2D eigenvalue weighted by atomic mass is 10.0. The predicted octanol–water partition coefficient (Wildman–Crippen LogP) is 3.41. The zero-order chi connectivity index (χ0) is 24.7. The Kier molecular flexibility index (Phi) is 6.21. The maximum Gasteiger partial charge on any atom is 0.219 e. The van der Waals surface area contributed by atoms with Gasteiger partial charge in [0.15, 0.2) is 0 Å². The molecule has 0 saturated carbocycles. The number of aromatic amines is 1. The first-order chi connectivity index (χ1) is 16.8. The van der Waals surface area contributed by atoms with Crippen molar-refractivity contribution in [2.75, 3.05) is 34.2 Å². The van der Waals surface area contributed by atoms with E-state index in [1.54, 1.807) is 4.68 Å². The molecule has 9 nitrogen and oxygen atoms in total. The number of nitrogens with zero attached hydrogens (tertiary/aromatic N) is 7. The molecule has 1 aromatic carbocycles. The normalized spacial score (nSPS) is 17.7. The van der Waals surface area contributed by atoms with Gasteiger partial charge in [-0.1, -0.05) is 6.07 Å². The van der Waals surface area contributed by atoms with Crippen LogP contribution in [0.2, 0.25) is 0 Å². The lowest BCUT2D eigenvalue weighted by molar-refractivity contribution is 0.148. The Balaban J connectivity index is 1.63. The number of likely N-dealkylation sites (N-methyl/N-ethyl adjacent to an activating group) is 2. The van der Waals surface area contributed by atoms with E-state index < -0.39 is 0 Å². The van der Waals surface area contributed by atoms with Gasteiger partial charge in [-0.25, -0.2) is 4.68 Å². The van der Waals surface area contributed by atoms with E-state index in [0.717, 1.165) is 71.0 Å². The fourth-order valence-electron chi connectivity index (χ4n) is 4.71. The first kappa shape index (κ1) is 23.3. The van der Waals surface area contributed by atoms with Gasteiger partial charge in [0, 0.05) is 43.3 Å². The molecule has 1 N–H and O–H groups in total. The molecule has 0 radical (unpaired) electrons. The van der Waals surface area contributed by atoms with Gasteiger partial charge < -0.3 is 9.64 Å². The highest BCUT2D eigenvalue weighted by Crippen LogP contribution is 2.33. The third-order valence-electron chi connectivity index (χ3n) is 6.59. The highest BCUT2D eigenvalue weighted by atomic mass is 16.5. The molecule has 5 rings (SSSR count). The SMILES string of the molecule is Cc1c2c(nn1CCN(C)C)CN(C)CC(C)Oc1c(cnn1C)-c1ccc3n[nH]c(c3c1)/C=C/2. The minimum atomic E-state index is -0.0246. The van der Waals surface area contributed by atoms with Crippen LogP contribution in [0.1, 0.15) is 29.6 Å². The van der Waals surface area contributed by atoms with Gasteiger partial charge >= 0.3 is 0 Å². The quantitative estimate of drug-likeness (QED) is 0.490. The summed E-state index contributed by atoms with van der Waals surface area (Å²) in [6.07, 6.45) is 6.14. The lowest BCUT2D eigenvalue weighted by Crippen LogP contribution is -2.31. The van der Waals surface area contributed by atoms with E-state index in [0.29, 0.717) is 0 Å². The molecule has 4 heterocycles. The Labute approximate surface area is 206 Å². The highest BCUT2D eigenvalue weighted by Gasteiger charge is 2.20. The minimum Gasteiger partial charge on any atom is -0.473 e. The number of hydrogen-bond donors (Lipinski definition) is 1. The molecule has 2 bridgehead atoms. The molecule has 3 aromatic heterocycles. The average Bonchev–Trinajstić information content (AvgIpc) is 3.46. The van der Waals surface area contributed by atoms with Crippen LogP contribution < -0.4 is 4.74 Å². The summed E-state index contributed by atoms with van der Waals surface area (Å²) in [5.74, 6) is 0.769. The average molecular weight is 475 g/mol. The molecule has 1 unspecified atom stereocenters. The Bertz CT molecular complexity index is 1380. The minimum absolute atomic E-state index is 0.0246. The van der Waals surface area contributed by atoms with Crippen molar-refractivity contribution in [2.45, 2.75) is 33.0 Å². The van der Waals surface area contributed by atoms with Gasteiger partial charge in [-0.2, -0.15) is 15.3 Å². The van der Waals surface area contributed by atoms with Gasteiger partial charge in [0.2, 0.25) is 5.88 Å². The molecule has 0 amide bonds. The summed E-state index contributed by atoms with van der Waals surface area (Å²) in [6, 6.07) is 6.28. The van der Waals surface area contributed by atoms with E-state index in [1.807, 2.05) is 19.3 Å². The van der Waals surface area contributed by atoms with Crippen LogP contribution in [-0.4, -0.2) is 79.9 Å². The van der Waals surface area contributed by atoms with Crippen LogP contribution in [0.15, 0.2) is 24.4 Å². The number of hydrogen-bond acceptors (Lipinski definition) is 6. The number of benzene rings is 1. The molecular formula is C26H34N8O. The van der Waals surface area contributed by atoms with Crippen molar-refractivity contribution in [1.82, 2.24) is 39.6 Å². The molecule has 0 aliphatic carbocycles.